The van der Waals surface area contributed by atoms with Crippen LogP contribution in [0.1, 0.15) is 22.7 Å². The molecule has 0 aliphatic carbocycles. The molecule has 152 valence electrons. The van der Waals surface area contributed by atoms with Gasteiger partial charge < -0.3 is 14.7 Å². The summed E-state index contributed by atoms with van der Waals surface area (Å²) in [5.74, 6) is 0.183. The van der Waals surface area contributed by atoms with Gasteiger partial charge in [-0.1, -0.05) is 70.5 Å². The summed E-state index contributed by atoms with van der Waals surface area (Å²) in [4.78, 5) is 14.8. The van der Waals surface area contributed by atoms with Crippen molar-refractivity contribution in [2.45, 2.75) is 12.5 Å². The molecule has 3 aromatic carbocycles. The predicted molar refractivity (Wildman–Crippen MR) is 121 cm³/mol. The van der Waals surface area contributed by atoms with Crippen LogP contribution in [0.15, 0.2) is 89.1 Å². The van der Waals surface area contributed by atoms with E-state index in [9.17, 15) is 9.90 Å². The summed E-state index contributed by atoms with van der Waals surface area (Å²) >= 11 is 3.53. The van der Waals surface area contributed by atoms with Crippen LogP contribution in [0.5, 0.6) is 5.75 Å². The number of hydrogen-bond donors (Lipinski definition) is 1. The average Bonchev–Trinajstić information content (AvgIpc) is 3.03. The summed E-state index contributed by atoms with van der Waals surface area (Å²) in [6.07, 6.45) is 0.709. The van der Waals surface area contributed by atoms with Crippen LogP contribution in [0.25, 0.3) is 5.57 Å². The van der Waals surface area contributed by atoms with Crippen molar-refractivity contribution in [1.29, 1.82) is 0 Å². The van der Waals surface area contributed by atoms with E-state index in [0.29, 0.717) is 18.5 Å². The van der Waals surface area contributed by atoms with Crippen LogP contribution in [0.4, 0.5) is 0 Å². The summed E-state index contributed by atoms with van der Waals surface area (Å²) in [6, 6.07) is 25.0. The van der Waals surface area contributed by atoms with Crippen molar-refractivity contribution >= 4 is 27.4 Å². The fourth-order valence-electron chi connectivity index (χ4n) is 3.87. The number of aliphatic hydroxyl groups excluding tert-OH is 1. The van der Waals surface area contributed by atoms with Crippen molar-refractivity contribution in [3.05, 3.63) is 106 Å². The fraction of sp³-hybridized carbons (Fsp3) is 0.160. The first-order valence-electron chi connectivity index (χ1n) is 9.76. The maximum Gasteiger partial charge on any atom is 0.289 e. The summed E-state index contributed by atoms with van der Waals surface area (Å²) in [7, 11) is 1.61. The third-order valence-electron chi connectivity index (χ3n) is 5.35. The van der Waals surface area contributed by atoms with E-state index in [-0.39, 0.29) is 17.7 Å². The van der Waals surface area contributed by atoms with Gasteiger partial charge in [0.05, 0.1) is 13.2 Å². The molecule has 0 saturated carbocycles. The van der Waals surface area contributed by atoms with Crippen molar-refractivity contribution in [3.63, 3.8) is 0 Å². The zero-order valence-electron chi connectivity index (χ0n) is 16.6. The van der Waals surface area contributed by atoms with Gasteiger partial charge >= 0.3 is 0 Å². The van der Waals surface area contributed by atoms with Crippen molar-refractivity contribution < 1.29 is 14.6 Å². The van der Waals surface area contributed by atoms with Crippen LogP contribution in [0.3, 0.4) is 0 Å². The van der Waals surface area contributed by atoms with Crippen molar-refractivity contribution in [1.82, 2.24) is 4.90 Å². The Morgan fingerprint density at radius 3 is 2.40 bits per heavy atom. The minimum Gasteiger partial charge on any atom is -0.503 e. The highest BCUT2D eigenvalue weighted by molar-refractivity contribution is 9.10. The second kappa shape index (κ2) is 8.76. The second-order valence-corrected chi connectivity index (χ2v) is 8.10. The quantitative estimate of drug-likeness (QED) is 0.520. The first kappa shape index (κ1) is 20.2. The van der Waals surface area contributed by atoms with E-state index in [1.165, 1.54) is 0 Å². The van der Waals surface area contributed by atoms with Crippen molar-refractivity contribution in [3.8, 4) is 5.75 Å². The number of rotatable bonds is 6. The molecule has 0 saturated heterocycles. The number of methoxy groups -OCH3 is 1. The molecule has 0 fully saturated rings. The molecule has 1 amide bonds. The molecule has 1 aliphatic heterocycles. The van der Waals surface area contributed by atoms with Gasteiger partial charge in [-0.15, -0.1) is 0 Å². The van der Waals surface area contributed by atoms with Crippen LogP contribution in [-0.4, -0.2) is 29.6 Å². The molecular formula is C25H22BrNO3. The minimum atomic E-state index is -0.368. The Labute approximate surface area is 184 Å². The van der Waals surface area contributed by atoms with Gasteiger partial charge in [0.1, 0.15) is 5.75 Å². The molecule has 3 aromatic rings. The number of hydrogen-bond acceptors (Lipinski definition) is 3. The van der Waals surface area contributed by atoms with E-state index in [1.54, 1.807) is 12.0 Å². The summed E-state index contributed by atoms with van der Waals surface area (Å²) in [5.41, 5.74) is 3.51. The van der Waals surface area contributed by atoms with Crippen LogP contribution in [0, 0.1) is 0 Å². The van der Waals surface area contributed by atoms with E-state index < -0.39 is 0 Å². The lowest BCUT2D eigenvalue weighted by Crippen LogP contribution is -2.32. The average molecular weight is 464 g/mol. The minimum absolute atomic E-state index is 0.196. The monoisotopic (exact) mass is 463 g/mol. The number of ether oxygens (including phenoxy) is 1. The largest absolute Gasteiger partial charge is 0.503 e. The molecule has 1 atom stereocenters. The zero-order valence-corrected chi connectivity index (χ0v) is 18.2. The van der Waals surface area contributed by atoms with E-state index in [4.69, 9.17) is 4.74 Å². The molecule has 1 N–H and O–H groups in total. The highest BCUT2D eigenvalue weighted by Gasteiger charge is 2.40. The van der Waals surface area contributed by atoms with E-state index in [1.807, 2.05) is 78.9 Å². The Kier molecular flexibility index (Phi) is 5.91. The highest BCUT2D eigenvalue weighted by Crippen LogP contribution is 2.43. The Bertz CT molecular complexity index is 1080. The van der Waals surface area contributed by atoms with Crippen molar-refractivity contribution in [2.24, 2.45) is 0 Å². The van der Waals surface area contributed by atoms with E-state index >= 15 is 0 Å². The molecule has 0 unspecified atom stereocenters. The van der Waals surface area contributed by atoms with Crippen LogP contribution >= 0.6 is 15.9 Å². The fourth-order valence-corrected chi connectivity index (χ4v) is 4.28. The van der Waals surface area contributed by atoms with Gasteiger partial charge in [-0.05, 0) is 47.4 Å². The maximum absolute atomic E-state index is 13.1. The number of carbonyl (C=O) groups excluding carboxylic acids is 1. The highest BCUT2D eigenvalue weighted by atomic mass is 79.9. The lowest BCUT2D eigenvalue weighted by Gasteiger charge is -2.27. The maximum atomic E-state index is 13.1. The Hall–Kier alpha value is -3.05. The Morgan fingerprint density at radius 2 is 1.73 bits per heavy atom. The molecule has 0 spiro atoms. The SMILES string of the molecule is COc1ccc(C2=C(O)C(=O)N(CCc3ccccc3)[C@H]2c2cccc(Br)c2)cc1. The number of aliphatic hydroxyl groups is 1. The van der Waals surface area contributed by atoms with Crippen LogP contribution < -0.4 is 4.74 Å². The number of benzene rings is 3. The number of carbonyl (C=O) groups is 1. The summed E-state index contributed by atoms with van der Waals surface area (Å²) in [5, 5.41) is 10.9. The first-order chi connectivity index (χ1) is 14.6. The molecule has 1 aliphatic rings. The number of halogens is 1. The molecule has 1 heterocycles. The van der Waals surface area contributed by atoms with E-state index in [2.05, 4.69) is 15.9 Å². The molecule has 0 aromatic heterocycles. The van der Waals surface area contributed by atoms with Gasteiger partial charge in [0.2, 0.25) is 0 Å². The molecule has 4 nitrogen and oxygen atoms in total. The summed E-state index contributed by atoms with van der Waals surface area (Å²) in [6.45, 7) is 0.504. The van der Waals surface area contributed by atoms with Gasteiger partial charge in [-0.2, -0.15) is 0 Å². The zero-order chi connectivity index (χ0) is 21.1. The van der Waals surface area contributed by atoms with Gasteiger partial charge in [0.25, 0.3) is 5.91 Å². The molecule has 30 heavy (non-hydrogen) atoms. The lowest BCUT2D eigenvalue weighted by molar-refractivity contribution is -0.129. The topological polar surface area (TPSA) is 49.8 Å². The van der Waals surface area contributed by atoms with Crippen LogP contribution in [0.2, 0.25) is 0 Å². The van der Waals surface area contributed by atoms with Gasteiger partial charge in [0.15, 0.2) is 5.76 Å². The molecular weight excluding hydrogens is 442 g/mol. The standard InChI is InChI=1S/C25H22BrNO3/c1-30-21-12-10-18(11-13-21)22-23(19-8-5-9-20(26)16-19)27(25(29)24(22)28)15-14-17-6-3-2-4-7-17/h2-13,16,23,28H,14-15H2,1H3/t23-/m0/s1. The lowest BCUT2D eigenvalue weighted by atomic mass is 9.93. The molecule has 0 radical (unpaired) electrons. The van der Waals surface area contributed by atoms with Gasteiger partial charge in [-0.3, -0.25) is 4.79 Å². The normalized spacial score (nSPS) is 16.3. The smallest absolute Gasteiger partial charge is 0.289 e. The first-order valence-corrected chi connectivity index (χ1v) is 10.6. The molecule has 0 bridgehead atoms. The summed E-state index contributed by atoms with van der Waals surface area (Å²) < 4.78 is 6.18. The third-order valence-corrected chi connectivity index (χ3v) is 5.85. The van der Waals surface area contributed by atoms with Gasteiger partial charge in [-0.25, -0.2) is 0 Å². The molecule has 5 heteroatoms. The Balaban J connectivity index is 1.73. The van der Waals surface area contributed by atoms with Crippen LogP contribution in [-0.2, 0) is 11.2 Å². The Morgan fingerprint density at radius 1 is 1.00 bits per heavy atom. The molecule has 4 rings (SSSR count). The van der Waals surface area contributed by atoms with E-state index in [0.717, 1.165) is 26.9 Å². The third kappa shape index (κ3) is 3.98. The number of nitrogens with zero attached hydrogens (tertiary/aromatic N) is 1. The van der Waals surface area contributed by atoms with Crippen molar-refractivity contribution in [2.75, 3.05) is 13.7 Å². The second-order valence-electron chi connectivity index (χ2n) is 7.18. The predicted octanol–water partition coefficient (Wildman–Crippen LogP) is 5.55. The number of amides is 1. The van der Waals surface area contributed by atoms with Gasteiger partial charge in [0, 0.05) is 16.6 Å².